The number of nitrogens with one attached hydrogen (secondary N) is 9. The van der Waals surface area contributed by atoms with Crippen molar-refractivity contribution in [2.24, 2.45) is 41.2 Å². The van der Waals surface area contributed by atoms with E-state index in [0.29, 0.717) is 69.4 Å². The van der Waals surface area contributed by atoms with E-state index < -0.39 is 175 Å². The molecule has 1 fully saturated rings. The van der Waals surface area contributed by atoms with Crippen molar-refractivity contribution in [3.05, 3.63) is 65.7 Å². The number of carbonyl (C=O) groups is 26. The average molecular weight is 2070 g/mol. The number of nitrogens with two attached hydrogens (primary N) is 1. The van der Waals surface area contributed by atoms with Crippen molar-refractivity contribution < 1.29 is 196 Å². The number of carboxylic acids is 12. The maximum Gasteiger partial charge on any atom is 0.219 e. The van der Waals surface area contributed by atoms with E-state index in [0.717, 1.165) is 18.9 Å². The Morgan fingerprint density at radius 2 is 0.785 bits per heavy atom. The number of rotatable bonds is 46. The first-order chi connectivity index (χ1) is 66.2. The molecule has 1 aliphatic heterocycles. The molecule has 0 saturated carbocycles. The summed E-state index contributed by atoms with van der Waals surface area (Å²) >= 11 is 1.53. The van der Waals surface area contributed by atoms with Crippen molar-refractivity contribution in [1.29, 1.82) is 0 Å². The second-order valence-electron chi connectivity index (χ2n) is 32.2. The Balaban J connectivity index is -0.000000198. The van der Waals surface area contributed by atoms with Gasteiger partial charge in [0.05, 0.1) is 115 Å². The van der Waals surface area contributed by atoms with Crippen LogP contribution in [0.3, 0.4) is 0 Å². The fraction of sp³-hybridized carbons (Fsp3) is 0.587. The molecule has 11 amide bonds. The number of likely N-dealkylation sites (tertiary alicyclic amines) is 1. The number of amides is 11. The second kappa shape index (κ2) is 86.3. The molecule has 0 spiro atoms. The summed E-state index contributed by atoms with van der Waals surface area (Å²) in [4.78, 5) is 272. The SMILES string of the molecule is CC(=O)CC(C)C(=O)[O-].CC(=O)CC(CC(C)C)C(=O)[O-].CC(=O)CC(CC(N)=O)C(=O)[O-].CC(=O)N1CCCC1C(=O)[O-].CC(=O)NC(C(=O)[O-])C(C)C.CC(=O)NC(CO)C(=O)[O-].CC(=O)NC(Cc1ccc(O)cc1)C(=O)[O-].CC(=O)NC(Cc1ccccc1)C(=O)[O-].CC(=O)NCC(=O)[O-].CC(=O)NCCCCC(NC(C)=O)C(=O)[O-].CCC(C)C(NC(C)=O)C(=O)[O-].CSCCC(NC(C)=O)C(=O)[O-]. The van der Waals surface area contributed by atoms with Crippen molar-refractivity contribution in [3.8, 4) is 5.75 Å². The number of carbonyl (C=O) groups excluding carboxylic acids is 26. The number of primary amides is 1. The standard InChI is InChI=1S/C11H13NO4.C11H13NO3.C10H18N2O4.C9H16O3.C8H15NO3.C7H11NO4.C7H13NO3S.C7H11NO3.C7H13NO3.C6H10O3.C5H9NO4.C4H7NO3/c1-7(13)12-10(11(15)16)6-8-2-4-9(14)5-3-8;1-8(13)12-10(11(14)15)7-9-5-3-2-4-6-9;1-7(13)11-6-4-3-5-9(10(15)16)12-8(2)14;1-6(2)4-8(9(11)12)5-7(3)10;1-4-5(2)7(8(11)12)9-6(3)10;1-4(9)2-5(7(11)12)3-6(8)10;1-5(9)8-6(7(10)11)3-4-12-2;1-5(9)8-4-2-3-6(8)7(10)11;1-4(2)6(7(10)11)8-5(3)9;1-4(6(8)9)3-5(2)7;1-3(8)6-4(2-7)5(9)10;1-3(6)5-2-4(7)8/h2-5,10,14H,6H2,1H3,(H,12,13)(H,15,16);2-6,10H,7H2,1H3,(H,12,13)(H,14,15);9H,3-6H2,1-2H3,(H,11,13)(H,12,14)(H,15,16);6,8H,4-5H2,1-3H3,(H,11,12);5,7H,4H2,1-3H3,(H,9,10)(H,11,12);5H,2-3H2,1H3,(H2,8,10)(H,11,12);6H,3-4H2,1-2H3,(H,8,9)(H,10,11);6H,2-4H2,1H3,(H,10,11);4,6H,1-3H3,(H,8,9)(H,10,11);4H,3H2,1-2H3,(H,8,9);4,7H,2H2,1H3,(H,6,8)(H,9,10);2H2,1H3,(H,5,6)(H,7,8)/p-12. The van der Waals surface area contributed by atoms with Gasteiger partial charge in [0, 0.05) is 144 Å². The van der Waals surface area contributed by atoms with E-state index in [2.05, 4.69) is 37.2 Å². The van der Waals surface area contributed by atoms with Gasteiger partial charge in [-0.15, -0.1) is 0 Å². The molecule has 0 aliphatic carbocycles. The number of aromatic hydroxyl groups is 1. The van der Waals surface area contributed by atoms with Crippen LogP contribution in [-0.4, -0.2) is 256 Å². The molecule has 3 rings (SSSR count). The van der Waals surface area contributed by atoms with Crippen LogP contribution in [0.4, 0.5) is 0 Å². The van der Waals surface area contributed by atoms with Crippen molar-refractivity contribution in [1.82, 2.24) is 52.8 Å². The lowest BCUT2D eigenvalue weighted by atomic mass is 9.93. The maximum atomic E-state index is 10.8. The van der Waals surface area contributed by atoms with Crippen molar-refractivity contribution in [2.45, 2.75) is 277 Å². The molecule has 51 nitrogen and oxygen atoms in total. The van der Waals surface area contributed by atoms with E-state index in [1.54, 1.807) is 45.0 Å². The number of hydrogen-bond donors (Lipinski definition) is 12. The minimum absolute atomic E-state index is 0.0718. The zero-order valence-electron chi connectivity index (χ0n) is 84.6. The average Bonchev–Trinajstić information content (AvgIpc) is 1.73. The summed E-state index contributed by atoms with van der Waals surface area (Å²) in [6, 6.07) is 7.61. The van der Waals surface area contributed by atoms with Crippen LogP contribution in [0.2, 0.25) is 0 Å². The van der Waals surface area contributed by atoms with E-state index >= 15 is 0 Å². The number of benzene rings is 2. The third kappa shape index (κ3) is 94.9. The molecular weight excluding hydrogens is 1930 g/mol. The number of aliphatic hydroxyl groups is 1. The van der Waals surface area contributed by atoms with Crippen LogP contribution in [0, 0.1) is 35.5 Å². The van der Waals surface area contributed by atoms with Crippen molar-refractivity contribution in [3.63, 3.8) is 0 Å². The molecule has 0 radical (unpaired) electrons. The molecule has 2 aromatic rings. The first kappa shape index (κ1) is 147. The van der Waals surface area contributed by atoms with Crippen LogP contribution in [0.15, 0.2) is 54.6 Å². The van der Waals surface area contributed by atoms with Gasteiger partial charge in [0.2, 0.25) is 65.0 Å². The number of unbranched alkanes of at least 4 members (excludes halogenated alkanes) is 1. The van der Waals surface area contributed by atoms with Gasteiger partial charge in [0.15, 0.2) is 0 Å². The number of aliphatic carboxylic acids is 12. The van der Waals surface area contributed by atoms with E-state index in [4.69, 9.17) is 15.9 Å². The molecular formula is C92H137N11O40S-12. The number of thioether (sulfide) groups is 1. The maximum absolute atomic E-state index is 10.8. The monoisotopic (exact) mass is 2070 g/mol. The Morgan fingerprint density at radius 1 is 0.417 bits per heavy atom. The molecule has 12 unspecified atom stereocenters. The molecule has 1 saturated heterocycles. The fourth-order valence-corrected chi connectivity index (χ4v) is 11.2. The van der Waals surface area contributed by atoms with Crippen LogP contribution < -0.4 is 115 Å². The van der Waals surface area contributed by atoms with Gasteiger partial charge in [-0.05, 0) is 132 Å². The summed E-state index contributed by atoms with van der Waals surface area (Å²) in [5, 5.41) is 162. The van der Waals surface area contributed by atoms with E-state index in [1.807, 2.05) is 55.9 Å². The number of carboxylic acid groups (broad SMARTS) is 12. The van der Waals surface area contributed by atoms with Gasteiger partial charge in [0.25, 0.3) is 0 Å². The Hall–Kier alpha value is -14.6. The molecule has 13 N–H and O–H groups in total. The number of ketones is 3. The van der Waals surface area contributed by atoms with Gasteiger partial charge >= 0.3 is 0 Å². The summed E-state index contributed by atoms with van der Waals surface area (Å²) in [6.07, 6.45) is 6.34. The second-order valence-corrected chi connectivity index (χ2v) is 33.2. The largest absolute Gasteiger partial charge is 0.550 e. The molecule has 12 atom stereocenters. The van der Waals surface area contributed by atoms with Gasteiger partial charge in [-0.1, -0.05) is 97.4 Å². The third-order valence-electron chi connectivity index (χ3n) is 17.5. The number of Topliss-reactive ketones (excluding diaryl/α,β-unsaturated/α-hetero) is 3. The first-order valence-corrected chi connectivity index (χ1v) is 45.5. The minimum atomic E-state index is -1.49. The molecule has 1 heterocycles. The minimum Gasteiger partial charge on any atom is -0.550 e. The van der Waals surface area contributed by atoms with Crippen LogP contribution in [0.1, 0.15) is 227 Å². The van der Waals surface area contributed by atoms with E-state index in [9.17, 15) is 186 Å². The van der Waals surface area contributed by atoms with Crippen LogP contribution >= 0.6 is 11.8 Å². The topological polar surface area (TPSA) is 899 Å². The van der Waals surface area contributed by atoms with Crippen molar-refractivity contribution in [2.75, 3.05) is 38.2 Å². The van der Waals surface area contributed by atoms with Gasteiger partial charge in [-0.3, -0.25) is 52.7 Å². The highest BCUT2D eigenvalue weighted by atomic mass is 32.2. The summed E-state index contributed by atoms with van der Waals surface area (Å²) in [5.41, 5.74) is 6.31. The van der Waals surface area contributed by atoms with Crippen LogP contribution in [0.5, 0.6) is 5.75 Å². The van der Waals surface area contributed by atoms with E-state index in [1.165, 1.54) is 119 Å². The van der Waals surface area contributed by atoms with Crippen molar-refractivity contribution >= 4 is 166 Å². The van der Waals surface area contributed by atoms with Crippen LogP contribution in [-0.2, 0) is 137 Å². The Morgan fingerprint density at radius 3 is 1.05 bits per heavy atom. The normalized spacial score (nSPS) is 13.1. The summed E-state index contributed by atoms with van der Waals surface area (Å²) in [6.45, 7) is 29.2. The Labute approximate surface area is 838 Å². The quantitative estimate of drug-likeness (QED) is 0.0274. The van der Waals surface area contributed by atoms with Gasteiger partial charge in [0.1, 0.15) is 23.1 Å². The number of aliphatic hydroxyl groups excluding tert-OH is 1. The zero-order chi connectivity index (χ0) is 114. The van der Waals surface area contributed by atoms with Crippen LogP contribution in [0.25, 0.3) is 0 Å². The Kier molecular flexibility index (Phi) is 88.2. The van der Waals surface area contributed by atoms with Gasteiger partial charge in [-0.2, -0.15) is 11.8 Å². The molecule has 52 heteroatoms. The molecule has 818 valence electrons. The third-order valence-corrected chi connectivity index (χ3v) is 18.1. The smallest absolute Gasteiger partial charge is 0.219 e. The highest BCUT2D eigenvalue weighted by Gasteiger charge is 2.28. The number of phenolic OH excluding ortho intramolecular Hbond substituents is 1. The van der Waals surface area contributed by atoms with E-state index in [-0.39, 0.29) is 121 Å². The summed E-state index contributed by atoms with van der Waals surface area (Å²) < 4.78 is 0. The predicted octanol–water partition coefficient (Wildman–Crippen LogP) is -13.8. The molecule has 144 heavy (non-hydrogen) atoms. The lowest BCUT2D eigenvalue weighted by Crippen LogP contribution is -2.50. The number of phenols is 1. The van der Waals surface area contributed by atoms with Gasteiger partial charge in [-0.25, -0.2) is 0 Å². The number of hydrogen-bond acceptors (Lipinski definition) is 41. The molecule has 0 bridgehead atoms. The lowest BCUT2D eigenvalue weighted by molar-refractivity contribution is -0.313. The molecule has 2 aromatic carbocycles. The molecule has 0 aromatic heterocycles. The predicted molar refractivity (Wildman–Crippen MR) is 487 cm³/mol. The van der Waals surface area contributed by atoms with Gasteiger partial charge < -0.3 is 202 Å². The first-order valence-electron chi connectivity index (χ1n) is 44.1. The summed E-state index contributed by atoms with van der Waals surface area (Å²) in [5.74, 6) is -21.3. The Bertz CT molecular complexity index is 4320. The number of nitrogens with zero attached hydrogens (tertiary/aromatic N) is 1. The zero-order valence-corrected chi connectivity index (χ0v) is 85.4. The fourth-order valence-electron chi connectivity index (χ4n) is 10.7. The summed E-state index contributed by atoms with van der Waals surface area (Å²) in [7, 11) is 0. The lowest BCUT2D eigenvalue weighted by Gasteiger charge is -2.24. The highest BCUT2D eigenvalue weighted by molar-refractivity contribution is 7.98. The highest BCUT2D eigenvalue weighted by Crippen LogP contribution is 2.18. The molecule has 1 aliphatic rings.